The van der Waals surface area contributed by atoms with Gasteiger partial charge in [-0.15, -0.1) is 0 Å². The average Bonchev–Trinajstić information content (AvgIpc) is 2.97. The molecule has 1 aliphatic heterocycles. The molecule has 5 rings (SSSR count). The maximum absolute atomic E-state index is 13.2. The number of hydrogen-bond donors (Lipinski definition) is 2. The van der Waals surface area contributed by atoms with Crippen LogP contribution in [0.2, 0.25) is 0 Å². The van der Waals surface area contributed by atoms with Crippen LogP contribution >= 0.6 is 0 Å². The number of rotatable bonds is 6. The van der Waals surface area contributed by atoms with Crippen molar-refractivity contribution in [1.29, 1.82) is 0 Å². The van der Waals surface area contributed by atoms with Crippen LogP contribution in [0.5, 0.6) is 11.5 Å². The second kappa shape index (κ2) is 11.3. The molecule has 198 valence electrons. The lowest BCUT2D eigenvalue weighted by Gasteiger charge is -2.36. The molecule has 4 aromatic carbocycles. The topological polar surface area (TPSA) is 82.1 Å². The van der Waals surface area contributed by atoms with E-state index in [1.54, 1.807) is 43.5 Å². The van der Waals surface area contributed by atoms with Gasteiger partial charge in [0.05, 0.1) is 7.11 Å². The monoisotopic (exact) mass is 521 g/mol. The van der Waals surface area contributed by atoms with Gasteiger partial charge in [0.25, 0.3) is 11.8 Å². The van der Waals surface area contributed by atoms with E-state index in [0.29, 0.717) is 43.0 Å². The van der Waals surface area contributed by atoms with Crippen LogP contribution in [-0.4, -0.2) is 55.1 Å². The Morgan fingerprint density at radius 3 is 2.15 bits per heavy atom. The van der Waals surface area contributed by atoms with Gasteiger partial charge in [-0.3, -0.25) is 9.59 Å². The number of hydrogen-bond acceptors (Lipinski definition) is 5. The summed E-state index contributed by atoms with van der Waals surface area (Å²) >= 11 is 0. The summed E-state index contributed by atoms with van der Waals surface area (Å²) in [6.45, 7) is 4.64. The number of piperazine rings is 1. The lowest BCUT2D eigenvalue weighted by molar-refractivity contribution is 0.0746. The molecule has 7 heteroatoms. The fourth-order valence-electron chi connectivity index (χ4n) is 4.85. The molecule has 0 aromatic heterocycles. The van der Waals surface area contributed by atoms with Gasteiger partial charge in [-0.05, 0) is 96.4 Å². The first kappa shape index (κ1) is 25.9. The van der Waals surface area contributed by atoms with E-state index in [2.05, 4.69) is 10.2 Å². The Bertz CT molecular complexity index is 1470. The summed E-state index contributed by atoms with van der Waals surface area (Å²) in [6.07, 6.45) is 0. The van der Waals surface area contributed by atoms with E-state index in [9.17, 15) is 14.7 Å². The lowest BCUT2D eigenvalue weighted by atomic mass is 9.98. The van der Waals surface area contributed by atoms with Crippen LogP contribution in [0.3, 0.4) is 0 Å². The fraction of sp³-hybridized carbons (Fsp3) is 0.188. The van der Waals surface area contributed by atoms with Crippen molar-refractivity contribution in [3.8, 4) is 22.6 Å². The molecule has 7 nitrogen and oxygen atoms in total. The zero-order valence-electron chi connectivity index (χ0n) is 22.1. The third-order valence-corrected chi connectivity index (χ3v) is 7.04. The number of benzene rings is 4. The molecule has 0 saturated carbocycles. The predicted molar refractivity (Wildman–Crippen MR) is 154 cm³/mol. The highest BCUT2D eigenvalue weighted by molar-refractivity contribution is 6.04. The Morgan fingerprint density at radius 2 is 1.51 bits per heavy atom. The van der Waals surface area contributed by atoms with Gasteiger partial charge in [0.2, 0.25) is 0 Å². The highest BCUT2D eigenvalue weighted by atomic mass is 16.5. The Hall–Kier alpha value is -4.78. The molecule has 1 saturated heterocycles. The van der Waals surface area contributed by atoms with E-state index in [1.807, 2.05) is 66.4 Å². The van der Waals surface area contributed by atoms with Crippen LogP contribution in [-0.2, 0) is 0 Å². The summed E-state index contributed by atoms with van der Waals surface area (Å²) in [7, 11) is 1.60. The molecular formula is C32H31N3O4. The SMILES string of the molecule is COc1ccc(NC(=O)c2ccc(N3CCN(C(=O)c4ccc(-c5cccc(O)c5)c(C)c4)CC3)cc2)cc1. The highest BCUT2D eigenvalue weighted by Gasteiger charge is 2.23. The number of aryl methyl sites for hydroxylation is 1. The maximum atomic E-state index is 13.2. The van der Waals surface area contributed by atoms with Crippen LogP contribution in [0.1, 0.15) is 26.3 Å². The summed E-state index contributed by atoms with van der Waals surface area (Å²) < 4.78 is 5.15. The van der Waals surface area contributed by atoms with E-state index >= 15 is 0 Å². The van der Waals surface area contributed by atoms with Crippen molar-refractivity contribution >= 4 is 23.2 Å². The third-order valence-electron chi connectivity index (χ3n) is 7.04. The molecule has 4 aromatic rings. The van der Waals surface area contributed by atoms with Gasteiger partial charge >= 0.3 is 0 Å². The molecule has 2 N–H and O–H groups in total. The first-order valence-electron chi connectivity index (χ1n) is 12.9. The molecule has 1 aliphatic rings. The molecule has 2 amide bonds. The zero-order valence-corrected chi connectivity index (χ0v) is 22.1. The number of carbonyl (C=O) groups excluding carboxylic acids is 2. The largest absolute Gasteiger partial charge is 0.508 e. The Morgan fingerprint density at radius 1 is 0.821 bits per heavy atom. The Balaban J connectivity index is 1.17. The van der Waals surface area contributed by atoms with Crippen LogP contribution in [0.4, 0.5) is 11.4 Å². The molecule has 39 heavy (non-hydrogen) atoms. The van der Waals surface area contributed by atoms with Crippen molar-refractivity contribution in [2.45, 2.75) is 6.92 Å². The van der Waals surface area contributed by atoms with Crippen molar-refractivity contribution in [1.82, 2.24) is 4.90 Å². The molecule has 0 bridgehead atoms. The quantitative estimate of drug-likeness (QED) is 0.346. The number of anilines is 2. The van der Waals surface area contributed by atoms with Gasteiger partial charge in [0.15, 0.2) is 0 Å². The number of phenols is 1. The van der Waals surface area contributed by atoms with Gasteiger partial charge in [-0.2, -0.15) is 0 Å². The van der Waals surface area contributed by atoms with Crippen molar-refractivity contribution in [2.24, 2.45) is 0 Å². The normalized spacial score (nSPS) is 13.2. The molecule has 0 aliphatic carbocycles. The molecule has 0 spiro atoms. The number of nitrogens with zero attached hydrogens (tertiary/aromatic N) is 2. The van der Waals surface area contributed by atoms with Crippen molar-refractivity contribution < 1.29 is 19.4 Å². The smallest absolute Gasteiger partial charge is 0.255 e. The van der Waals surface area contributed by atoms with Crippen LogP contribution in [0.25, 0.3) is 11.1 Å². The Labute approximate surface area is 228 Å². The molecule has 0 atom stereocenters. The Kier molecular flexibility index (Phi) is 7.50. The minimum absolute atomic E-state index is 0.0192. The summed E-state index contributed by atoms with van der Waals surface area (Å²) in [4.78, 5) is 30.0. The van der Waals surface area contributed by atoms with Crippen molar-refractivity contribution in [3.63, 3.8) is 0 Å². The van der Waals surface area contributed by atoms with Crippen LogP contribution in [0.15, 0.2) is 91.0 Å². The first-order valence-corrected chi connectivity index (χ1v) is 12.9. The van der Waals surface area contributed by atoms with E-state index < -0.39 is 0 Å². The first-order chi connectivity index (χ1) is 18.9. The van der Waals surface area contributed by atoms with E-state index in [4.69, 9.17) is 4.74 Å². The standard InChI is InChI=1S/C32H31N3O4/c1-22-20-25(8-15-30(22)24-4-3-5-28(36)21-24)32(38)35-18-16-34(17-19-35)27-11-6-23(7-12-27)31(37)33-26-9-13-29(39-2)14-10-26/h3-15,20-21,36H,16-19H2,1-2H3,(H,33,37). The number of amides is 2. The van der Waals surface area contributed by atoms with Gasteiger partial charge in [0.1, 0.15) is 11.5 Å². The van der Waals surface area contributed by atoms with E-state index in [1.165, 1.54) is 0 Å². The molecule has 0 unspecified atom stereocenters. The van der Waals surface area contributed by atoms with E-state index in [0.717, 1.165) is 28.1 Å². The molecular weight excluding hydrogens is 490 g/mol. The van der Waals surface area contributed by atoms with Gasteiger partial charge < -0.3 is 25.0 Å². The summed E-state index contributed by atoms with van der Waals surface area (Å²) in [5, 5.41) is 12.7. The summed E-state index contributed by atoms with van der Waals surface area (Å²) in [6, 6.07) is 27.6. The second-order valence-electron chi connectivity index (χ2n) is 9.59. The van der Waals surface area contributed by atoms with Crippen LogP contribution in [0, 0.1) is 6.92 Å². The number of phenolic OH excluding ortho intramolecular Hbond substituents is 1. The van der Waals surface area contributed by atoms with Crippen LogP contribution < -0.4 is 15.0 Å². The van der Waals surface area contributed by atoms with Gasteiger partial charge in [-0.1, -0.05) is 18.2 Å². The van der Waals surface area contributed by atoms with Crippen molar-refractivity contribution in [2.75, 3.05) is 43.5 Å². The summed E-state index contributed by atoms with van der Waals surface area (Å²) in [5.74, 6) is 0.798. The zero-order chi connectivity index (χ0) is 27.4. The van der Waals surface area contributed by atoms with E-state index in [-0.39, 0.29) is 17.6 Å². The number of methoxy groups -OCH3 is 1. The lowest BCUT2D eigenvalue weighted by Crippen LogP contribution is -2.48. The van der Waals surface area contributed by atoms with Crippen molar-refractivity contribution in [3.05, 3.63) is 108 Å². The third kappa shape index (κ3) is 5.88. The van der Waals surface area contributed by atoms with Gasteiger partial charge in [-0.25, -0.2) is 0 Å². The summed E-state index contributed by atoms with van der Waals surface area (Å²) in [5.41, 5.74) is 5.87. The second-order valence-corrected chi connectivity index (χ2v) is 9.59. The van der Waals surface area contributed by atoms with Gasteiger partial charge in [0, 0.05) is 48.7 Å². The average molecular weight is 522 g/mol. The molecule has 1 heterocycles. The predicted octanol–water partition coefficient (Wildman–Crippen LogP) is 5.59. The minimum Gasteiger partial charge on any atom is -0.508 e. The number of nitrogens with one attached hydrogen (secondary N) is 1. The maximum Gasteiger partial charge on any atom is 0.255 e. The highest BCUT2D eigenvalue weighted by Crippen LogP contribution is 2.28. The minimum atomic E-state index is -0.174. The number of carbonyl (C=O) groups is 2. The molecule has 1 fully saturated rings. The molecule has 0 radical (unpaired) electrons. The number of ether oxygens (including phenoxy) is 1. The fourth-order valence-corrected chi connectivity index (χ4v) is 4.85. The number of aromatic hydroxyl groups is 1.